The fourth-order valence-electron chi connectivity index (χ4n) is 1.20. The summed E-state index contributed by atoms with van der Waals surface area (Å²) in [4.78, 5) is 21.3. The summed E-state index contributed by atoms with van der Waals surface area (Å²) in [7, 11) is 0. The Kier molecular flexibility index (Phi) is 2.12. The first-order chi connectivity index (χ1) is 5.11. The summed E-state index contributed by atoms with van der Waals surface area (Å²) < 4.78 is 0. The van der Waals surface area contributed by atoms with Gasteiger partial charge in [0, 0.05) is 6.54 Å². The molecule has 2 N–H and O–H groups in total. The average molecular weight is 157 g/mol. The van der Waals surface area contributed by atoms with Gasteiger partial charge in [-0.2, -0.15) is 0 Å². The number of carboxylic acids is 1. The Bertz CT molecular complexity index is 190. The number of rotatable bonds is 1. The Morgan fingerprint density at radius 3 is 2.82 bits per heavy atom. The maximum atomic E-state index is 10.9. The number of carbonyl (C=O) groups is 2. The van der Waals surface area contributed by atoms with Gasteiger partial charge in [0.1, 0.15) is 5.92 Å². The van der Waals surface area contributed by atoms with Gasteiger partial charge in [-0.1, -0.05) is 6.92 Å². The highest BCUT2D eigenvalue weighted by Gasteiger charge is 2.31. The number of aliphatic carboxylic acids is 1. The molecule has 1 fully saturated rings. The van der Waals surface area contributed by atoms with Gasteiger partial charge in [0.25, 0.3) is 0 Å². The zero-order valence-electron chi connectivity index (χ0n) is 6.33. The highest BCUT2D eigenvalue weighted by Crippen LogP contribution is 2.16. The number of carboxylic acid groups (broad SMARTS) is 1. The van der Waals surface area contributed by atoms with E-state index in [4.69, 9.17) is 5.11 Å². The van der Waals surface area contributed by atoms with Crippen LogP contribution in [0.3, 0.4) is 0 Å². The van der Waals surface area contributed by atoms with Gasteiger partial charge in [-0.05, 0) is 12.3 Å². The van der Waals surface area contributed by atoms with Crippen molar-refractivity contribution in [2.75, 3.05) is 6.54 Å². The highest BCUT2D eigenvalue weighted by atomic mass is 16.4. The maximum absolute atomic E-state index is 10.9. The molecular formula is C7H11NO3. The summed E-state index contributed by atoms with van der Waals surface area (Å²) in [5.74, 6) is -1.93. The second-order valence-corrected chi connectivity index (χ2v) is 2.98. The number of carbonyl (C=O) groups excluding carboxylic acids is 1. The van der Waals surface area contributed by atoms with Crippen molar-refractivity contribution in [1.82, 2.24) is 5.32 Å². The summed E-state index contributed by atoms with van der Waals surface area (Å²) in [5, 5.41) is 11.1. The summed E-state index contributed by atoms with van der Waals surface area (Å²) in [5.41, 5.74) is 0. The molecule has 1 amide bonds. The molecule has 4 nitrogen and oxygen atoms in total. The van der Waals surface area contributed by atoms with Gasteiger partial charge in [-0.3, -0.25) is 9.59 Å². The van der Waals surface area contributed by atoms with Gasteiger partial charge >= 0.3 is 5.97 Å². The van der Waals surface area contributed by atoms with Gasteiger partial charge in [0.05, 0.1) is 0 Å². The van der Waals surface area contributed by atoms with E-state index in [1.807, 2.05) is 6.92 Å². The van der Waals surface area contributed by atoms with E-state index < -0.39 is 11.9 Å². The topological polar surface area (TPSA) is 66.4 Å². The van der Waals surface area contributed by atoms with Crippen LogP contribution in [0.25, 0.3) is 0 Å². The summed E-state index contributed by atoms with van der Waals surface area (Å²) in [6.07, 6.45) is 0.459. The van der Waals surface area contributed by atoms with Crippen LogP contribution in [0.1, 0.15) is 13.3 Å². The molecule has 0 bridgehead atoms. The van der Waals surface area contributed by atoms with E-state index in [-0.39, 0.29) is 11.8 Å². The fraction of sp³-hybridized carbons (Fsp3) is 0.714. The summed E-state index contributed by atoms with van der Waals surface area (Å²) in [6, 6.07) is 0. The van der Waals surface area contributed by atoms with Gasteiger partial charge in [0.2, 0.25) is 5.91 Å². The lowest BCUT2D eigenvalue weighted by atomic mass is 9.91. The van der Waals surface area contributed by atoms with Crippen molar-refractivity contribution >= 4 is 11.9 Å². The Balaban J connectivity index is 2.61. The molecule has 1 aliphatic heterocycles. The van der Waals surface area contributed by atoms with Crippen LogP contribution in [0.4, 0.5) is 0 Å². The zero-order valence-corrected chi connectivity index (χ0v) is 6.33. The molecule has 1 saturated heterocycles. The van der Waals surface area contributed by atoms with Crippen molar-refractivity contribution in [2.24, 2.45) is 11.8 Å². The molecule has 0 spiro atoms. The Morgan fingerprint density at radius 2 is 2.36 bits per heavy atom. The van der Waals surface area contributed by atoms with E-state index in [0.29, 0.717) is 13.0 Å². The molecule has 1 heterocycles. The van der Waals surface area contributed by atoms with E-state index in [9.17, 15) is 9.59 Å². The van der Waals surface area contributed by atoms with E-state index >= 15 is 0 Å². The molecule has 0 unspecified atom stereocenters. The number of piperidine rings is 1. The predicted molar refractivity (Wildman–Crippen MR) is 37.9 cm³/mol. The third-order valence-electron chi connectivity index (χ3n) is 1.88. The fourth-order valence-corrected chi connectivity index (χ4v) is 1.20. The molecule has 0 aromatic rings. The second-order valence-electron chi connectivity index (χ2n) is 2.98. The Labute approximate surface area is 64.6 Å². The van der Waals surface area contributed by atoms with Crippen LogP contribution in [0.2, 0.25) is 0 Å². The SMILES string of the molecule is C[C@@H]1CNC(=O)[C@@H](C(=O)O)C1. The molecule has 0 saturated carbocycles. The first-order valence-corrected chi connectivity index (χ1v) is 3.61. The van der Waals surface area contributed by atoms with Crippen molar-refractivity contribution in [1.29, 1.82) is 0 Å². The molecule has 11 heavy (non-hydrogen) atoms. The number of hydrogen-bond donors (Lipinski definition) is 2. The van der Waals surface area contributed by atoms with Crippen LogP contribution in [0, 0.1) is 11.8 Å². The van der Waals surface area contributed by atoms with Gasteiger partial charge < -0.3 is 10.4 Å². The van der Waals surface area contributed by atoms with Crippen molar-refractivity contribution < 1.29 is 14.7 Å². The molecule has 1 aliphatic rings. The lowest BCUT2D eigenvalue weighted by molar-refractivity contribution is -0.149. The molecule has 0 aromatic heterocycles. The smallest absolute Gasteiger partial charge is 0.316 e. The Morgan fingerprint density at radius 1 is 1.73 bits per heavy atom. The third-order valence-corrected chi connectivity index (χ3v) is 1.88. The second kappa shape index (κ2) is 2.90. The van der Waals surface area contributed by atoms with Crippen molar-refractivity contribution in [3.8, 4) is 0 Å². The molecule has 62 valence electrons. The molecule has 4 heteroatoms. The molecule has 0 aliphatic carbocycles. The van der Waals surface area contributed by atoms with Crippen molar-refractivity contribution in [2.45, 2.75) is 13.3 Å². The van der Waals surface area contributed by atoms with E-state index in [1.54, 1.807) is 0 Å². The molecule has 0 aromatic carbocycles. The summed E-state index contributed by atoms with van der Waals surface area (Å²) in [6.45, 7) is 2.53. The minimum atomic E-state index is -1.02. The standard InChI is InChI=1S/C7H11NO3/c1-4-2-5(7(10)11)6(9)8-3-4/h4-5H,2-3H2,1H3,(H,8,9)(H,10,11)/t4-,5-/m0/s1. The Hall–Kier alpha value is -1.06. The van der Waals surface area contributed by atoms with Gasteiger partial charge in [-0.15, -0.1) is 0 Å². The van der Waals surface area contributed by atoms with Crippen LogP contribution in [0.5, 0.6) is 0 Å². The maximum Gasteiger partial charge on any atom is 0.316 e. The normalized spacial score (nSPS) is 31.2. The number of nitrogens with one attached hydrogen (secondary N) is 1. The van der Waals surface area contributed by atoms with Crippen LogP contribution >= 0.6 is 0 Å². The monoisotopic (exact) mass is 157 g/mol. The minimum absolute atomic E-state index is 0.272. The molecule has 1 rings (SSSR count). The molecule has 2 atom stereocenters. The number of hydrogen-bond acceptors (Lipinski definition) is 2. The third kappa shape index (κ3) is 1.69. The van der Waals surface area contributed by atoms with E-state index in [0.717, 1.165) is 0 Å². The quantitative estimate of drug-likeness (QED) is 0.520. The molecular weight excluding hydrogens is 146 g/mol. The largest absolute Gasteiger partial charge is 0.481 e. The van der Waals surface area contributed by atoms with Crippen LogP contribution in [-0.2, 0) is 9.59 Å². The van der Waals surface area contributed by atoms with Crippen molar-refractivity contribution in [3.05, 3.63) is 0 Å². The summed E-state index contributed by atoms with van der Waals surface area (Å²) >= 11 is 0. The van der Waals surface area contributed by atoms with Crippen LogP contribution in [0.15, 0.2) is 0 Å². The van der Waals surface area contributed by atoms with E-state index in [2.05, 4.69) is 5.32 Å². The highest BCUT2D eigenvalue weighted by molar-refractivity contribution is 5.97. The van der Waals surface area contributed by atoms with Gasteiger partial charge in [0.15, 0.2) is 0 Å². The molecule has 0 radical (unpaired) electrons. The lowest BCUT2D eigenvalue weighted by Gasteiger charge is -2.23. The van der Waals surface area contributed by atoms with Gasteiger partial charge in [-0.25, -0.2) is 0 Å². The number of amides is 1. The minimum Gasteiger partial charge on any atom is -0.481 e. The zero-order chi connectivity index (χ0) is 8.43. The van der Waals surface area contributed by atoms with Crippen LogP contribution in [-0.4, -0.2) is 23.5 Å². The predicted octanol–water partition coefficient (Wildman–Crippen LogP) is -0.157. The first-order valence-electron chi connectivity index (χ1n) is 3.61. The first kappa shape index (κ1) is 8.04. The van der Waals surface area contributed by atoms with Crippen LogP contribution < -0.4 is 5.32 Å². The average Bonchev–Trinajstić information content (AvgIpc) is 1.94. The van der Waals surface area contributed by atoms with Crippen molar-refractivity contribution in [3.63, 3.8) is 0 Å². The lowest BCUT2D eigenvalue weighted by Crippen LogP contribution is -2.43. The van der Waals surface area contributed by atoms with E-state index in [1.165, 1.54) is 0 Å².